The highest BCUT2D eigenvalue weighted by atomic mass is 31.2. The van der Waals surface area contributed by atoms with Crippen molar-refractivity contribution in [1.29, 1.82) is 0 Å². The Morgan fingerprint density at radius 3 is 1.62 bits per heavy atom. The number of carbonyl (C=O) groups excluding carboxylic acids is 2. The lowest BCUT2D eigenvalue weighted by molar-refractivity contribution is -0.161. The molecule has 0 bridgehead atoms. The first-order valence-electron chi connectivity index (χ1n) is 20.2. The molecule has 1 rings (SSSR count). The lowest BCUT2D eigenvalue weighted by atomic mass is 10.0. The largest absolute Gasteiger partial charge is 0.469 e. The lowest BCUT2D eigenvalue weighted by Gasteiger charge is -2.18. The van der Waals surface area contributed by atoms with Crippen LogP contribution in [0.2, 0.25) is 0 Å². The summed E-state index contributed by atoms with van der Waals surface area (Å²) in [4.78, 5) is 42.8. The highest BCUT2D eigenvalue weighted by molar-refractivity contribution is 7.46. The summed E-state index contributed by atoms with van der Waals surface area (Å²) in [6, 6.07) is 0. The smallest absolute Gasteiger partial charge is 0.462 e. The summed E-state index contributed by atoms with van der Waals surface area (Å²) in [6.07, 6.45) is 44.2. The fourth-order valence-electron chi connectivity index (χ4n) is 5.62. The standard InChI is InChI=1S/C42H71O9P/c1-3-5-7-8-9-10-11-12-13-17-20-23-26-30-34-41(43)48-36-38(37-49-52(45,46)47)50-42(44)35-31-27-24-21-18-15-14-16-19-22-25-29-33-40-39(51-40)32-28-6-4-2/h6,15-16,18-19,24-25,27-29,38-40H,3-5,7-14,17,20-23,26,30-37H2,1-2H3,(H2,45,46,47)/b18-15-,19-16-,27-24-,28-6-,29-25-/t38-,39?,40?/m1/s1. The Morgan fingerprint density at radius 2 is 1.10 bits per heavy atom. The van der Waals surface area contributed by atoms with E-state index in [-0.39, 0.29) is 19.4 Å². The van der Waals surface area contributed by atoms with Crippen molar-refractivity contribution in [3.8, 4) is 0 Å². The molecule has 1 heterocycles. The van der Waals surface area contributed by atoms with E-state index in [0.29, 0.717) is 25.0 Å². The maximum Gasteiger partial charge on any atom is 0.469 e. The second kappa shape index (κ2) is 33.3. The van der Waals surface area contributed by atoms with Gasteiger partial charge in [0, 0.05) is 12.8 Å². The summed E-state index contributed by atoms with van der Waals surface area (Å²) in [5.41, 5.74) is 0. The topological polar surface area (TPSA) is 132 Å². The van der Waals surface area contributed by atoms with Crippen LogP contribution in [0.25, 0.3) is 0 Å². The van der Waals surface area contributed by atoms with Crippen LogP contribution in [0.4, 0.5) is 0 Å². The Bertz CT molecular complexity index is 1090. The molecule has 1 fully saturated rings. The van der Waals surface area contributed by atoms with Gasteiger partial charge in [-0.05, 0) is 51.4 Å². The normalized spacial score (nSPS) is 17.0. The maximum atomic E-state index is 12.4. The highest BCUT2D eigenvalue weighted by Gasteiger charge is 2.35. The summed E-state index contributed by atoms with van der Waals surface area (Å²) in [6.45, 7) is 3.50. The highest BCUT2D eigenvalue weighted by Crippen LogP contribution is 2.36. The predicted octanol–water partition coefficient (Wildman–Crippen LogP) is 11.1. The van der Waals surface area contributed by atoms with E-state index in [4.69, 9.17) is 24.0 Å². The molecule has 0 radical (unpaired) electrons. The zero-order valence-corrected chi connectivity index (χ0v) is 33.3. The van der Waals surface area contributed by atoms with Gasteiger partial charge in [0.05, 0.1) is 18.8 Å². The third kappa shape index (κ3) is 32.4. The molecular formula is C42H71O9P. The molecule has 10 heteroatoms. The first-order chi connectivity index (χ1) is 25.2. The van der Waals surface area contributed by atoms with Gasteiger partial charge in [-0.15, -0.1) is 0 Å². The molecule has 0 aromatic carbocycles. The summed E-state index contributed by atoms with van der Waals surface area (Å²) >= 11 is 0. The number of esters is 2. The number of epoxide rings is 1. The Balaban J connectivity index is 2.13. The molecular weight excluding hydrogens is 679 g/mol. The summed E-state index contributed by atoms with van der Waals surface area (Å²) in [7, 11) is -4.78. The van der Waals surface area contributed by atoms with Crippen LogP contribution >= 0.6 is 7.82 Å². The molecule has 9 nitrogen and oxygen atoms in total. The van der Waals surface area contributed by atoms with Gasteiger partial charge in [0.1, 0.15) is 6.61 Å². The number of rotatable bonds is 35. The van der Waals surface area contributed by atoms with Crippen LogP contribution in [0.1, 0.15) is 162 Å². The number of hydrogen-bond donors (Lipinski definition) is 2. The van der Waals surface area contributed by atoms with E-state index < -0.39 is 32.5 Å². The number of allylic oxidation sites excluding steroid dienone is 8. The van der Waals surface area contributed by atoms with Crippen molar-refractivity contribution in [3.05, 3.63) is 60.8 Å². The average molecular weight is 751 g/mol. The van der Waals surface area contributed by atoms with Gasteiger partial charge in [0.15, 0.2) is 6.10 Å². The van der Waals surface area contributed by atoms with Gasteiger partial charge in [-0.2, -0.15) is 0 Å². The van der Waals surface area contributed by atoms with Gasteiger partial charge in [0.25, 0.3) is 0 Å². The molecule has 298 valence electrons. The number of phosphoric acid groups is 1. The zero-order valence-electron chi connectivity index (χ0n) is 32.4. The van der Waals surface area contributed by atoms with E-state index in [1.165, 1.54) is 70.6 Å². The summed E-state index contributed by atoms with van der Waals surface area (Å²) in [5.74, 6) is -0.988. The molecule has 0 aromatic rings. The minimum Gasteiger partial charge on any atom is -0.462 e. The predicted molar refractivity (Wildman–Crippen MR) is 211 cm³/mol. The third-order valence-corrected chi connectivity index (χ3v) is 9.20. The van der Waals surface area contributed by atoms with Crippen LogP contribution < -0.4 is 0 Å². The van der Waals surface area contributed by atoms with E-state index in [1.807, 2.05) is 12.2 Å². The van der Waals surface area contributed by atoms with Crippen molar-refractivity contribution in [2.24, 2.45) is 0 Å². The molecule has 1 aliphatic heterocycles. The van der Waals surface area contributed by atoms with E-state index in [9.17, 15) is 14.2 Å². The number of carbonyl (C=O) groups is 2. The van der Waals surface area contributed by atoms with Gasteiger partial charge in [-0.25, -0.2) is 4.57 Å². The van der Waals surface area contributed by atoms with Crippen LogP contribution in [0.5, 0.6) is 0 Å². The molecule has 1 saturated heterocycles. The second-order valence-corrected chi connectivity index (χ2v) is 14.9. The molecule has 1 aliphatic rings. The Morgan fingerprint density at radius 1 is 0.615 bits per heavy atom. The van der Waals surface area contributed by atoms with Crippen molar-refractivity contribution in [1.82, 2.24) is 0 Å². The minimum atomic E-state index is -4.78. The van der Waals surface area contributed by atoms with Crippen LogP contribution in [-0.2, 0) is 32.9 Å². The first kappa shape index (κ1) is 47.7. The van der Waals surface area contributed by atoms with Crippen LogP contribution in [-0.4, -0.2) is 53.3 Å². The molecule has 0 aromatic heterocycles. The van der Waals surface area contributed by atoms with Crippen molar-refractivity contribution in [2.45, 2.75) is 180 Å². The van der Waals surface area contributed by atoms with Gasteiger partial charge in [-0.1, -0.05) is 158 Å². The van der Waals surface area contributed by atoms with E-state index in [2.05, 4.69) is 67.0 Å². The fourth-order valence-corrected chi connectivity index (χ4v) is 5.98. The Hall–Kier alpha value is -2.29. The van der Waals surface area contributed by atoms with Crippen LogP contribution in [0, 0.1) is 0 Å². The quantitative estimate of drug-likeness (QED) is 0.0213. The number of phosphoric ester groups is 1. The number of unbranched alkanes of at least 4 members (excludes halogenated alkanes) is 13. The molecule has 0 aliphatic carbocycles. The van der Waals surface area contributed by atoms with Crippen LogP contribution in [0.15, 0.2) is 60.8 Å². The monoisotopic (exact) mass is 750 g/mol. The third-order valence-electron chi connectivity index (χ3n) is 8.72. The van der Waals surface area contributed by atoms with E-state index in [0.717, 1.165) is 51.4 Å². The first-order valence-corrected chi connectivity index (χ1v) is 21.7. The molecule has 52 heavy (non-hydrogen) atoms. The molecule has 0 saturated carbocycles. The van der Waals surface area contributed by atoms with Gasteiger partial charge >= 0.3 is 19.8 Å². The number of ether oxygens (including phenoxy) is 3. The zero-order chi connectivity index (χ0) is 38.0. The van der Waals surface area contributed by atoms with E-state index in [1.54, 1.807) is 0 Å². The van der Waals surface area contributed by atoms with Crippen LogP contribution in [0.3, 0.4) is 0 Å². The Labute approximate surface area is 315 Å². The average Bonchev–Trinajstić information content (AvgIpc) is 3.87. The summed E-state index contributed by atoms with van der Waals surface area (Å²) in [5, 5.41) is 0. The Kier molecular flexibility index (Phi) is 30.6. The van der Waals surface area contributed by atoms with Crippen molar-refractivity contribution < 1.29 is 42.7 Å². The van der Waals surface area contributed by atoms with Gasteiger partial charge < -0.3 is 24.0 Å². The van der Waals surface area contributed by atoms with Crippen molar-refractivity contribution >= 4 is 19.8 Å². The molecule has 3 atom stereocenters. The van der Waals surface area contributed by atoms with Gasteiger partial charge in [-0.3, -0.25) is 14.1 Å². The molecule has 0 spiro atoms. The number of hydrogen-bond acceptors (Lipinski definition) is 7. The van der Waals surface area contributed by atoms with Crippen molar-refractivity contribution in [2.75, 3.05) is 13.2 Å². The molecule has 2 N–H and O–H groups in total. The van der Waals surface area contributed by atoms with Crippen molar-refractivity contribution in [3.63, 3.8) is 0 Å². The molecule has 2 unspecified atom stereocenters. The SMILES string of the molecule is CC/C=C\CC1OC1C/C=C\C/C=C\C/C=C\C/C=C\CCC(=O)O[C@H](COC(=O)CCCCCCCCCCCCCCCC)COP(=O)(O)O. The summed E-state index contributed by atoms with van der Waals surface area (Å²) < 4.78 is 31.9. The minimum absolute atomic E-state index is 0.0826. The second-order valence-electron chi connectivity index (χ2n) is 13.6. The lowest BCUT2D eigenvalue weighted by Crippen LogP contribution is -2.29. The maximum absolute atomic E-state index is 12.4. The van der Waals surface area contributed by atoms with Gasteiger partial charge in [0.2, 0.25) is 0 Å². The molecule has 0 amide bonds. The van der Waals surface area contributed by atoms with E-state index >= 15 is 0 Å². The fraction of sp³-hybridized carbons (Fsp3) is 0.714.